The molecule has 0 spiro atoms. The van der Waals surface area contributed by atoms with Crippen LogP contribution in [0.3, 0.4) is 0 Å². The van der Waals surface area contributed by atoms with E-state index < -0.39 is 5.60 Å². The van der Waals surface area contributed by atoms with Gasteiger partial charge >= 0.3 is 6.09 Å². The molecule has 1 aromatic heterocycles. The van der Waals surface area contributed by atoms with Crippen molar-refractivity contribution in [3.8, 4) is 0 Å². The van der Waals surface area contributed by atoms with Gasteiger partial charge in [-0.25, -0.2) is 4.79 Å². The molecule has 1 aliphatic rings. The van der Waals surface area contributed by atoms with Crippen LogP contribution < -0.4 is 10.6 Å². The molecule has 1 fully saturated rings. The van der Waals surface area contributed by atoms with Gasteiger partial charge in [-0.05, 0) is 34.6 Å². The smallest absolute Gasteiger partial charge is 0.410 e. The summed E-state index contributed by atoms with van der Waals surface area (Å²) in [4.78, 5) is 16.2. The first-order valence-corrected chi connectivity index (χ1v) is 7.84. The number of nitrogen functional groups attached to an aromatic ring is 1. The van der Waals surface area contributed by atoms with Crippen molar-refractivity contribution in [2.45, 2.75) is 52.3 Å². The van der Waals surface area contributed by atoms with Crippen LogP contribution in [0.25, 0.3) is 0 Å². The Morgan fingerprint density at radius 3 is 2.29 bits per heavy atom. The molecule has 2 N–H and O–H groups in total. The highest BCUT2D eigenvalue weighted by Crippen LogP contribution is 2.27. The molecule has 0 unspecified atom stereocenters. The van der Waals surface area contributed by atoms with E-state index in [4.69, 9.17) is 10.5 Å². The summed E-state index contributed by atoms with van der Waals surface area (Å²) in [5.41, 5.74) is 5.15. The highest BCUT2D eigenvalue weighted by atomic mass is 32.1. The van der Waals surface area contributed by atoms with Gasteiger partial charge in [0.05, 0.1) is 12.1 Å². The van der Waals surface area contributed by atoms with Crippen LogP contribution in [0.2, 0.25) is 0 Å². The number of nitrogens with two attached hydrogens (primary N) is 1. The molecule has 7 nitrogen and oxygen atoms in total. The zero-order valence-electron chi connectivity index (χ0n) is 13.2. The molecular weight excluding hydrogens is 290 g/mol. The zero-order chi connectivity index (χ0) is 15.8. The lowest BCUT2D eigenvalue weighted by molar-refractivity contribution is 0.00565. The molecular formula is C13H23N5O2S. The Hall–Kier alpha value is -1.57. The Labute approximate surface area is 129 Å². The average Bonchev–Trinajstić information content (AvgIpc) is 2.72. The second-order valence-electron chi connectivity index (χ2n) is 6.41. The fraction of sp³-hybridized carbons (Fsp3) is 0.769. The Morgan fingerprint density at radius 2 is 1.86 bits per heavy atom. The Morgan fingerprint density at radius 1 is 1.29 bits per heavy atom. The van der Waals surface area contributed by atoms with E-state index in [-0.39, 0.29) is 18.2 Å². The molecule has 21 heavy (non-hydrogen) atoms. The van der Waals surface area contributed by atoms with Crippen LogP contribution in [-0.2, 0) is 4.74 Å². The maximum atomic E-state index is 12.3. The monoisotopic (exact) mass is 313 g/mol. The molecule has 1 amide bonds. The van der Waals surface area contributed by atoms with Gasteiger partial charge in [-0.1, -0.05) is 11.3 Å². The lowest BCUT2D eigenvalue weighted by Gasteiger charge is -2.44. The van der Waals surface area contributed by atoms with Crippen molar-refractivity contribution in [3.63, 3.8) is 0 Å². The molecule has 1 saturated heterocycles. The fourth-order valence-electron chi connectivity index (χ4n) is 2.51. The average molecular weight is 313 g/mol. The van der Waals surface area contributed by atoms with Gasteiger partial charge in [-0.3, -0.25) is 4.90 Å². The number of hydrogen-bond acceptors (Lipinski definition) is 7. The molecule has 2 rings (SSSR count). The second kappa shape index (κ2) is 5.67. The van der Waals surface area contributed by atoms with Gasteiger partial charge in [0, 0.05) is 13.1 Å². The highest BCUT2D eigenvalue weighted by Gasteiger charge is 2.36. The Balaban J connectivity index is 2.07. The predicted octanol–water partition coefficient (Wildman–Crippen LogP) is 1.95. The van der Waals surface area contributed by atoms with Crippen molar-refractivity contribution in [2.75, 3.05) is 23.7 Å². The Bertz CT molecular complexity index is 501. The minimum absolute atomic E-state index is 0.0359. The molecule has 2 heterocycles. The van der Waals surface area contributed by atoms with Gasteiger partial charge in [0.25, 0.3) is 0 Å². The molecule has 118 valence electrons. The van der Waals surface area contributed by atoms with Crippen LogP contribution in [0.5, 0.6) is 0 Å². The summed E-state index contributed by atoms with van der Waals surface area (Å²) >= 11 is 1.36. The lowest BCUT2D eigenvalue weighted by Crippen LogP contribution is -2.59. The lowest BCUT2D eigenvalue weighted by atomic mass is 10.1. The molecule has 0 radical (unpaired) electrons. The number of carbonyl (C=O) groups is 1. The maximum Gasteiger partial charge on any atom is 0.410 e. The number of nitrogens with zero attached hydrogens (tertiary/aromatic N) is 4. The Kier molecular flexibility index (Phi) is 4.27. The molecule has 8 heteroatoms. The number of ether oxygens (including phenoxy) is 1. The van der Waals surface area contributed by atoms with Gasteiger partial charge < -0.3 is 15.4 Å². The number of hydrogen-bond donors (Lipinski definition) is 1. The third kappa shape index (κ3) is 3.75. The van der Waals surface area contributed by atoms with E-state index in [1.165, 1.54) is 11.3 Å². The van der Waals surface area contributed by atoms with Crippen molar-refractivity contribution in [3.05, 3.63) is 0 Å². The van der Waals surface area contributed by atoms with Crippen LogP contribution in [0.15, 0.2) is 0 Å². The third-order valence-electron chi connectivity index (χ3n) is 3.22. The zero-order valence-corrected chi connectivity index (χ0v) is 14.0. The van der Waals surface area contributed by atoms with Crippen LogP contribution in [-0.4, -0.2) is 52.0 Å². The van der Waals surface area contributed by atoms with E-state index in [1.807, 2.05) is 34.6 Å². The summed E-state index contributed by atoms with van der Waals surface area (Å²) in [5.74, 6) is 0. The van der Waals surface area contributed by atoms with Gasteiger partial charge in [-0.15, -0.1) is 10.2 Å². The largest absolute Gasteiger partial charge is 0.444 e. The number of carbonyl (C=O) groups excluding carboxylic acids is 1. The quantitative estimate of drug-likeness (QED) is 0.853. The number of rotatable bonds is 1. The van der Waals surface area contributed by atoms with Crippen molar-refractivity contribution in [2.24, 2.45) is 0 Å². The maximum absolute atomic E-state index is 12.3. The van der Waals surface area contributed by atoms with Gasteiger partial charge in [0.15, 0.2) is 0 Å². The molecule has 0 aromatic carbocycles. The minimum Gasteiger partial charge on any atom is -0.444 e. The number of piperazine rings is 1. The van der Waals surface area contributed by atoms with E-state index in [0.717, 1.165) is 5.13 Å². The topological polar surface area (TPSA) is 84.6 Å². The highest BCUT2D eigenvalue weighted by molar-refractivity contribution is 7.18. The third-order valence-corrected chi connectivity index (χ3v) is 4.04. The van der Waals surface area contributed by atoms with Gasteiger partial charge in [-0.2, -0.15) is 0 Å². The van der Waals surface area contributed by atoms with Gasteiger partial charge in [0.1, 0.15) is 5.60 Å². The van der Waals surface area contributed by atoms with Crippen molar-refractivity contribution < 1.29 is 9.53 Å². The van der Waals surface area contributed by atoms with Crippen LogP contribution >= 0.6 is 11.3 Å². The predicted molar refractivity (Wildman–Crippen MR) is 83.5 cm³/mol. The van der Waals surface area contributed by atoms with E-state index in [2.05, 4.69) is 15.1 Å². The fourth-order valence-corrected chi connectivity index (χ4v) is 3.14. The van der Waals surface area contributed by atoms with Crippen molar-refractivity contribution in [1.82, 2.24) is 15.1 Å². The van der Waals surface area contributed by atoms with Crippen molar-refractivity contribution >= 4 is 27.7 Å². The summed E-state index contributed by atoms with van der Waals surface area (Å²) in [6.07, 6.45) is -0.265. The van der Waals surface area contributed by atoms with E-state index in [1.54, 1.807) is 4.90 Å². The van der Waals surface area contributed by atoms with E-state index >= 15 is 0 Å². The van der Waals surface area contributed by atoms with E-state index in [9.17, 15) is 4.79 Å². The normalized spacial score (nSPS) is 23.3. The first kappa shape index (κ1) is 15.8. The summed E-state index contributed by atoms with van der Waals surface area (Å²) < 4.78 is 5.49. The first-order chi connectivity index (χ1) is 9.67. The van der Waals surface area contributed by atoms with E-state index in [0.29, 0.717) is 18.2 Å². The summed E-state index contributed by atoms with van der Waals surface area (Å²) in [5, 5.41) is 9.18. The number of amides is 1. The number of anilines is 2. The van der Waals surface area contributed by atoms with Crippen molar-refractivity contribution in [1.29, 1.82) is 0 Å². The molecule has 2 atom stereocenters. The molecule has 1 aromatic rings. The standard InChI is InChI=1S/C13H23N5O2S/c1-8-6-17(11-16-15-10(14)21-11)7-9(2)18(8)12(19)20-13(3,4)5/h8-9H,6-7H2,1-5H3,(H2,14,15)/t8-,9+. The first-order valence-electron chi connectivity index (χ1n) is 7.02. The second-order valence-corrected chi connectivity index (χ2v) is 7.40. The van der Waals surface area contributed by atoms with Crippen LogP contribution in [0.1, 0.15) is 34.6 Å². The van der Waals surface area contributed by atoms with Gasteiger partial charge in [0.2, 0.25) is 10.3 Å². The SMILES string of the molecule is C[C@@H]1CN(c2nnc(N)s2)C[C@H](C)N1C(=O)OC(C)(C)C. The summed E-state index contributed by atoms with van der Waals surface area (Å²) in [6, 6.07) is 0.0717. The molecule has 0 bridgehead atoms. The molecule has 0 saturated carbocycles. The summed E-state index contributed by atoms with van der Waals surface area (Å²) in [6.45, 7) is 11.0. The molecule has 1 aliphatic heterocycles. The van der Waals surface area contributed by atoms with Crippen LogP contribution in [0, 0.1) is 0 Å². The molecule has 0 aliphatic carbocycles. The minimum atomic E-state index is -0.485. The number of aromatic nitrogens is 2. The summed E-state index contributed by atoms with van der Waals surface area (Å²) in [7, 11) is 0. The van der Waals surface area contributed by atoms with Crippen LogP contribution in [0.4, 0.5) is 15.1 Å².